The molecule has 6 heteroatoms. The Morgan fingerprint density at radius 1 is 1.13 bits per heavy atom. The van der Waals surface area contributed by atoms with Gasteiger partial charge in [-0.05, 0) is 31.0 Å². The van der Waals surface area contributed by atoms with Crippen LogP contribution in [0.3, 0.4) is 0 Å². The largest absolute Gasteiger partial charge is 0.350 e. The van der Waals surface area contributed by atoms with Crippen LogP contribution in [-0.4, -0.2) is 27.6 Å². The van der Waals surface area contributed by atoms with Crippen LogP contribution in [0, 0.1) is 0 Å². The second-order valence-electron chi connectivity index (χ2n) is 7.69. The minimum absolute atomic E-state index is 0.0736. The van der Waals surface area contributed by atoms with Gasteiger partial charge in [-0.15, -0.1) is 0 Å². The van der Waals surface area contributed by atoms with Gasteiger partial charge in [-0.25, -0.2) is 4.68 Å². The van der Waals surface area contributed by atoms with Gasteiger partial charge in [0, 0.05) is 29.7 Å². The molecule has 0 aliphatic carbocycles. The number of fused-ring (bicyclic) bond motifs is 1. The highest BCUT2D eigenvalue weighted by atomic mass is 16.2. The summed E-state index contributed by atoms with van der Waals surface area (Å²) in [5.74, 6) is 0.819. The lowest BCUT2D eigenvalue weighted by molar-refractivity contribution is -0.119. The molecule has 4 rings (SSSR count). The molecule has 3 aromatic rings. The first-order chi connectivity index (χ1) is 14.5. The highest BCUT2D eigenvalue weighted by Crippen LogP contribution is 2.29. The maximum Gasteiger partial charge on any atom is 0.251 e. The molecule has 1 unspecified atom stereocenters. The van der Waals surface area contributed by atoms with E-state index in [0.29, 0.717) is 25.1 Å². The molecule has 0 radical (unpaired) electrons. The van der Waals surface area contributed by atoms with E-state index in [1.807, 2.05) is 79.2 Å². The fourth-order valence-electron chi connectivity index (χ4n) is 3.53. The van der Waals surface area contributed by atoms with Crippen molar-refractivity contribution in [2.24, 2.45) is 0 Å². The van der Waals surface area contributed by atoms with E-state index in [9.17, 15) is 9.59 Å². The molecule has 6 nitrogen and oxygen atoms in total. The van der Waals surface area contributed by atoms with Gasteiger partial charge >= 0.3 is 0 Å². The molecule has 2 aromatic carbocycles. The minimum atomic E-state index is -0.0736. The van der Waals surface area contributed by atoms with Crippen molar-refractivity contribution in [3.63, 3.8) is 0 Å². The van der Waals surface area contributed by atoms with E-state index < -0.39 is 0 Å². The number of aromatic nitrogens is 2. The van der Waals surface area contributed by atoms with Crippen LogP contribution in [0.5, 0.6) is 0 Å². The molecule has 1 N–H and O–H groups in total. The fourth-order valence-corrected chi connectivity index (χ4v) is 3.53. The first-order valence-electron chi connectivity index (χ1n) is 10.4. The van der Waals surface area contributed by atoms with Gasteiger partial charge < -0.3 is 5.32 Å². The first kappa shape index (κ1) is 19.9. The zero-order valence-electron chi connectivity index (χ0n) is 17.3. The van der Waals surface area contributed by atoms with E-state index in [1.54, 1.807) is 4.90 Å². The van der Waals surface area contributed by atoms with Gasteiger partial charge in [0.25, 0.3) is 5.91 Å². The summed E-state index contributed by atoms with van der Waals surface area (Å²) in [7, 11) is 0. The maximum atomic E-state index is 12.7. The molecule has 0 bridgehead atoms. The Morgan fingerprint density at radius 2 is 1.87 bits per heavy atom. The predicted octanol–water partition coefficient (Wildman–Crippen LogP) is 4.02. The Balaban J connectivity index is 1.53. The molecule has 0 saturated heterocycles. The number of anilines is 1. The average Bonchev–Trinajstić information content (AvgIpc) is 3.21. The van der Waals surface area contributed by atoms with Crippen LogP contribution in [0.2, 0.25) is 0 Å². The number of nitrogens with zero attached hydrogens (tertiary/aromatic N) is 3. The van der Waals surface area contributed by atoms with E-state index >= 15 is 0 Å². The quantitative estimate of drug-likeness (QED) is 0.677. The van der Waals surface area contributed by atoms with Crippen LogP contribution in [0.4, 0.5) is 5.82 Å². The first-order valence-corrected chi connectivity index (χ1v) is 10.4. The summed E-state index contributed by atoms with van der Waals surface area (Å²) in [4.78, 5) is 26.7. The lowest BCUT2D eigenvalue weighted by Gasteiger charge is -2.27. The molecule has 1 aliphatic heterocycles. The lowest BCUT2D eigenvalue weighted by atomic mass is 10.1. The van der Waals surface area contributed by atoms with Gasteiger partial charge in [0.2, 0.25) is 5.91 Å². The number of hydrogen-bond donors (Lipinski definition) is 1. The standard InChI is InChI=1S/C24H26N4O2/c1-3-17(2)25-24(30)20-11-9-18(10-12-20)16-27-22-15-21(19-7-5-4-6-8-19)26-28(22)14-13-23(27)29/h4-12,15,17H,3,13-14,16H2,1-2H3,(H,25,30). The van der Waals surface area contributed by atoms with Gasteiger partial charge in [0.05, 0.1) is 18.8 Å². The van der Waals surface area contributed by atoms with Gasteiger partial charge in [-0.3, -0.25) is 14.5 Å². The lowest BCUT2D eigenvalue weighted by Crippen LogP contribution is -2.37. The zero-order chi connectivity index (χ0) is 21.1. The molecule has 2 heterocycles. The van der Waals surface area contributed by atoms with E-state index in [0.717, 1.165) is 29.1 Å². The summed E-state index contributed by atoms with van der Waals surface area (Å²) in [6.45, 7) is 5.07. The molecular weight excluding hydrogens is 376 g/mol. The number of hydrogen-bond acceptors (Lipinski definition) is 3. The van der Waals surface area contributed by atoms with Crippen molar-refractivity contribution in [2.75, 3.05) is 4.90 Å². The molecular formula is C24H26N4O2. The molecule has 0 fully saturated rings. The van der Waals surface area contributed by atoms with Crippen LogP contribution in [0.15, 0.2) is 60.7 Å². The number of rotatable bonds is 6. The van der Waals surface area contributed by atoms with Crippen LogP contribution < -0.4 is 10.2 Å². The molecule has 1 aliphatic rings. The Bertz CT molecular complexity index is 1040. The Hall–Kier alpha value is -3.41. The minimum Gasteiger partial charge on any atom is -0.350 e. The SMILES string of the molecule is CCC(C)NC(=O)c1ccc(CN2C(=O)CCn3nc(-c4ccccc4)cc32)cc1. The third-order valence-corrected chi connectivity index (χ3v) is 5.49. The summed E-state index contributed by atoms with van der Waals surface area (Å²) in [5.41, 5.74) is 3.49. The van der Waals surface area contributed by atoms with Crippen molar-refractivity contribution in [1.82, 2.24) is 15.1 Å². The van der Waals surface area contributed by atoms with E-state index in [-0.39, 0.29) is 17.9 Å². The molecule has 154 valence electrons. The number of carbonyl (C=O) groups excluding carboxylic acids is 2. The molecule has 2 amide bonds. The van der Waals surface area contributed by atoms with Crippen LogP contribution in [0.1, 0.15) is 42.6 Å². The Morgan fingerprint density at radius 3 is 2.57 bits per heavy atom. The number of nitrogens with one attached hydrogen (secondary N) is 1. The normalized spacial score (nSPS) is 14.3. The van der Waals surface area contributed by atoms with Gasteiger partial charge in [0.15, 0.2) is 0 Å². The third-order valence-electron chi connectivity index (χ3n) is 5.49. The number of aryl methyl sites for hydroxylation is 1. The van der Waals surface area contributed by atoms with Gasteiger partial charge in [-0.2, -0.15) is 5.10 Å². The zero-order valence-corrected chi connectivity index (χ0v) is 17.3. The van der Waals surface area contributed by atoms with E-state index in [1.165, 1.54) is 0 Å². The second kappa shape index (κ2) is 8.53. The van der Waals surface area contributed by atoms with E-state index in [2.05, 4.69) is 5.32 Å². The molecule has 1 aromatic heterocycles. The third kappa shape index (κ3) is 4.13. The van der Waals surface area contributed by atoms with E-state index in [4.69, 9.17) is 5.10 Å². The molecule has 1 atom stereocenters. The summed E-state index contributed by atoms with van der Waals surface area (Å²) >= 11 is 0. The van der Waals surface area contributed by atoms with Crippen LogP contribution in [-0.2, 0) is 17.9 Å². The number of carbonyl (C=O) groups is 2. The monoisotopic (exact) mass is 402 g/mol. The second-order valence-corrected chi connectivity index (χ2v) is 7.69. The fraction of sp³-hybridized carbons (Fsp3) is 0.292. The predicted molar refractivity (Wildman–Crippen MR) is 117 cm³/mol. The average molecular weight is 402 g/mol. The van der Waals surface area contributed by atoms with Crippen molar-refractivity contribution in [3.8, 4) is 11.3 Å². The van der Waals surface area contributed by atoms with Gasteiger partial charge in [0.1, 0.15) is 5.82 Å². The van der Waals surface area contributed by atoms with Crippen molar-refractivity contribution in [3.05, 3.63) is 71.8 Å². The van der Waals surface area contributed by atoms with Crippen molar-refractivity contribution in [1.29, 1.82) is 0 Å². The summed E-state index contributed by atoms with van der Waals surface area (Å²) in [6.07, 6.45) is 1.32. The van der Waals surface area contributed by atoms with Crippen molar-refractivity contribution in [2.45, 2.75) is 45.8 Å². The van der Waals surface area contributed by atoms with Crippen LogP contribution >= 0.6 is 0 Å². The summed E-state index contributed by atoms with van der Waals surface area (Å²) < 4.78 is 1.90. The Labute approximate surface area is 176 Å². The summed E-state index contributed by atoms with van der Waals surface area (Å²) in [6, 6.07) is 19.5. The van der Waals surface area contributed by atoms with Crippen LogP contribution in [0.25, 0.3) is 11.3 Å². The number of amides is 2. The highest BCUT2D eigenvalue weighted by molar-refractivity contribution is 5.95. The molecule has 0 spiro atoms. The van der Waals surface area contributed by atoms with Crippen molar-refractivity contribution < 1.29 is 9.59 Å². The summed E-state index contributed by atoms with van der Waals surface area (Å²) in [5, 5.41) is 7.66. The van der Waals surface area contributed by atoms with Gasteiger partial charge in [-0.1, -0.05) is 49.4 Å². The highest BCUT2D eigenvalue weighted by Gasteiger charge is 2.26. The molecule has 30 heavy (non-hydrogen) atoms. The number of benzene rings is 2. The smallest absolute Gasteiger partial charge is 0.251 e. The Kier molecular flexibility index (Phi) is 5.65. The topological polar surface area (TPSA) is 67.2 Å². The molecule has 0 saturated carbocycles. The maximum absolute atomic E-state index is 12.7. The van der Waals surface area contributed by atoms with Crippen molar-refractivity contribution >= 4 is 17.6 Å².